The van der Waals surface area contributed by atoms with Crippen LogP contribution < -0.4 is 0 Å². The third-order valence-electron chi connectivity index (χ3n) is 4.09. The molecular weight excluding hydrogens is 284 g/mol. The van der Waals surface area contributed by atoms with Gasteiger partial charge in [-0.05, 0) is 45.2 Å². The number of hydrogen-bond acceptors (Lipinski definition) is 4. The average molecular weight is 304 g/mol. The molecule has 0 bridgehead atoms. The molecule has 0 saturated carbocycles. The van der Waals surface area contributed by atoms with E-state index in [1.165, 1.54) is 18.2 Å². The zero-order valence-electron chi connectivity index (χ0n) is 12.4. The predicted molar refractivity (Wildman–Crippen MR) is 83.3 cm³/mol. The summed E-state index contributed by atoms with van der Waals surface area (Å²) in [4.78, 5) is 14.5. The SMILES string of the molecule is C[C@H]1CCC[C@H](C)N1C(=O)CSc1nnc2ccccn12. The fourth-order valence-corrected chi connectivity index (χ4v) is 3.83. The first kappa shape index (κ1) is 14.4. The largest absolute Gasteiger partial charge is 0.337 e. The van der Waals surface area contributed by atoms with Crippen LogP contribution in [0.5, 0.6) is 0 Å². The Bertz CT molecular complexity index is 631. The fourth-order valence-electron chi connectivity index (χ4n) is 3.03. The lowest BCUT2D eigenvalue weighted by Crippen LogP contribution is -2.48. The van der Waals surface area contributed by atoms with E-state index < -0.39 is 0 Å². The number of aromatic nitrogens is 3. The number of rotatable bonds is 3. The molecule has 0 aromatic carbocycles. The van der Waals surface area contributed by atoms with Crippen molar-refractivity contribution in [2.24, 2.45) is 0 Å². The van der Waals surface area contributed by atoms with Crippen molar-refractivity contribution in [3.63, 3.8) is 0 Å². The number of carbonyl (C=O) groups is 1. The molecule has 1 aliphatic rings. The quantitative estimate of drug-likeness (QED) is 0.818. The standard InChI is InChI=1S/C15H20N4OS/c1-11-6-5-7-12(2)19(11)14(20)10-21-15-17-16-13-8-3-4-9-18(13)15/h3-4,8-9,11-12H,5-7,10H2,1-2H3/t11-,12-/m0/s1. The molecule has 3 heterocycles. The molecule has 1 aliphatic heterocycles. The normalized spacial score (nSPS) is 22.7. The highest BCUT2D eigenvalue weighted by atomic mass is 32.2. The Labute approximate surface area is 128 Å². The summed E-state index contributed by atoms with van der Waals surface area (Å²) in [7, 11) is 0. The summed E-state index contributed by atoms with van der Waals surface area (Å²) in [6.45, 7) is 4.29. The van der Waals surface area contributed by atoms with Gasteiger partial charge in [0.05, 0.1) is 5.75 Å². The zero-order chi connectivity index (χ0) is 14.8. The first-order valence-corrected chi connectivity index (χ1v) is 8.39. The first-order valence-electron chi connectivity index (χ1n) is 7.40. The average Bonchev–Trinajstić information content (AvgIpc) is 2.88. The molecule has 1 fully saturated rings. The molecule has 0 radical (unpaired) electrons. The third-order valence-corrected chi connectivity index (χ3v) is 5.02. The highest BCUT2D eigenvalue weighted by Crippen LogP contribution is 2.25. The predicted octanol–water partition coefficient (Wildman–Crippen LogP) is 2.61. The highest BCUT2D eigenvalue weighted by Gasteiger charge is 2.28. The third kappa shape index (κ3) is 2.90. The molecule has 1 saturated heterocycles. The Balaban J connectivity index is 1.68. The van der Waals surface area contributed by atoms with Crippen molar-refractivity contribution in [3.05, 3.63) is 24.4 Å². The lowest BCUT2D eigenvalue weighted by Gasteiger charge is -2.39. The summed E-state index contributed by atoms with van der Waals surface area (Å²) >= 11 is 1.46. The summed E-state index contributed by atoms with van der Waals surface area (Å²) in [5, 5.41) is 9.04. The van der Waals surface area contributed by atoms with Gasteiger partial charge in [-0.3, -0.25) is 9.20 Å². The number of hydrogen-bond donors (Lipinski definition) is 0. The van der Waals surface area contributed by atoms with E-state index in [0.29, 0.717) is 17.8 Å². The minimum Gasteiger partial charge on any atom is -0.337 e. The maximum Gasteiger partial charge on any atom is 0.233 e. The molecule has 0 spiro atoms. The Morgan fingerprint density at radius 2 is 2.05 bits per heavy atom. The van der Waals surface area contributed by atoms with Gasteiger partial charge in [0.1, 0.15) is 0 Å². The molecule has 2 aromatic rings. The molecule has 0 N–H and O–H groups in total. The van der Waals surface area contributed by atoms with Crippen LogP contribution in [0.25, 0.3) is 5.65 Å². The lowest BCUT2D eigenvalue weighted by atomic mass is 9.98. The Hall–Kier alpha value is -1.56. The smallest absolute Gasteiger partial charge is 0.233 e. The number of nitrogens with zero attached hydrogens (tertiary/aromatic N) is 4. The molecule has 6 heteroatoms. The number of thioether (sulfide) groups is 1. The topological polar surface area (TPSA) is 50.5 Å². The molecule has 2 atom stereocenters. The van der Waals surface area contributed by atoms with E-state index in [4.69, 9.17) is 0 Å². The van der Waals surface area contributed by atoms with Gasteiger partial charge in [-0.25, -0.2) is 0 Å². The number of likely N-dealkylation sites (tertiary alicyclic amines) is 1. The minimum absolute atomic E-state index is 0.201. The van der Waals surface area contributed by atoms with Crippen LogP contribution in [0.1, 0.15) is 33.1 Å². The second kappa shape index (κ2) is 6.05. The fraction of sp³-hybridized carbons (Fsp3) is 0.533. The minimum atomic E-state index is 0.201. The molecule has 0 unspecified atom stereocenters. The number of fused-ring (bicyclic) bond motifs is 1. The Kier molecular flexibility index (Phi) is 4.14. The number of amides is 1. The van der Waals surface area contributed by atoms with Gasteiger partial charge >= 0.3 is 0 Å². The summed E-state index contributed by atoms with van der Waals surface area (Å²) in [5.41, 5.74) is 0.812. The van der Waals surface area contributed by atoms with Crippen molar-refractivity contribution in [2.75, 3.05) is 5.75 Å². The first-order chi connectivity index (χ1) is 10.2. The van der Waals surface area contributed by atoms with Crippen LogP contribution in [0.4, 0.5) is 0 Å². The number of pyridine rings is 1. The molecule has 21 heavy (non-hydrogen) atoms. The van der Waals surface area contributed by atoms with Crippen molar-refractivity contribution >= 4 is 23.3 Å². The summed E-state index contributed by atoms with van der Waals surface area (Å²) in [6, 6.07) is 6.47. The van der Waals surface area contributed by atoms with E-state index in [2.05, 4.69) is 24.0 Å². The summed E-state index contributed by atoms with van der Waals surface area (Å²) in [6.07, 6.45) is 5.35. The maximum absolute atomic E-state index is 12.5. The maximum atomic E-state index is 12.5. The van der Waals surface area contributed by atoms with E-state index in [-0.39, 0.29) is 5.91 Å². The molecule has 1 amide bonds. The van der Waals surface area contributed by atoms with Gasteiger partial charge in [0.2, 0.25) is 5.91 Å². The van der Waals surface area contributed by atoms with E-state index in [0.717, 1.165) is 23.6 Å². The monoisotopic (exact) mass is 304 g/mol. The molecular formula is C15H20N4OS. The van der Waals surface area contributed by atoms with Gasteiger partial charge in [0.25, 0.3) is 0 Å². The van der Waals surface area contributed by atoms with Crippen molar-refractivity contribution < 1.29 is 4.79 Å². The van der Waals surface area contributed by atoms with Crippen LogP contribution in [0.2, 0.25) is 0 Å². The van der Waals surface area contributed by atoms with Crippen LogP contribution in [0, 0.1) is 0 Å². The second-order valence-corrected chi connectivity index (χ2v) is 6.57. The van der Waals surface area contributed by atoms with Crippen molar-refractivity contribution in [3.8, 4) is 0 Å². The number of carbonyl (C=O) groups excluding carboxylic acids is 1. The Morgan fingerprint density at radius 3 is 2.81 bits per heavy atom. The van der Waals surface area contributed by atoms with Gasteiger partial charge in [0.15, 0.2) is 10.8 Å². The van der Waals surface area contributed by atoms with Crippen LogP contribution in [-0.4, -0.2) is 43.2 Å². The lowest BCUT2D eigenvalue weighted by molar-refractivity contribution is -0.134. The zero-order valence-corrected chi connectivity index (χ0v) is 13.2. The van der Waals surface area contributed by atoms with Gasteiger partial charge in [-0.15, -0.1) is 10.2 Å². The van der Waals surface area contributed by atoms with Crippen LogP contribution in [-0.2, 0) is 4.79 Å². The van der Waals surface area contributed by atoms with Crippen molar-refractivity contribution in [2.45, 2.75) is 50.4 Å². The second-order valence-electron chi connectivity index (χ2n) is 5.63. The van der Waals surface area contributed by atoms with Crippen LogP contribution >= 0.6 is 11.8 Å². The Morgan fingerprint density at radius 1 is 1.29 bits per heavy atom. The number of piperidine rings is 1. The molecule has 0 aliphatic carbocycles. The van der Waals surface area contributed by atoms with E-state index in [9.17, 15) is 4.79 Å². The van der Waals surface area contributed by atoms with Crippen molar-refractivity contribution in [1.82, 2.24) is 19.5 Å². The van der Waals surface area contributed by atoms with E-state index in [1.54, 1.807) is 0 Å². The highest BCUT2D eigenvalue weighted by molar-refractivity contribution is 7.99. The summed E-state index contributed by atoms with van der Waals surface area (Å²) in [5.74, 6) is 0.622. The van der Waals surface area contributed by atoms with Crippen LogP contribution in [0.3, 0.4) is 0 Å². The molecule has 112 valence electrons. The van der Waals surface area contributed by atoms with Gasteiger partial charge in [0, 0.05) is 18.3 Å². The van der Waals surface area contributed by atoms with E-state index in [1.807, 2.05) is 33.7 Å². The van der Waals surface area contributed by atoms with Crippen LogP contribution in [0.15, 0.2) is 29.6 Å². The van der Waals surface area contributed by atoms with Gasteiger partial charge in [-0.1, -0.05) is 17.8 Å². The van der Waals surface area contributed by atoms with Crippen molar-refractivity contribution in [1.29, 1.82) is 0 Å². The van der Waals surface area contributed by atoms with Gasteiger partial charge < -0.3 is 4.90 Å². The molecule has 3 rings (SSSR count). The molecule has 5 nitrogen and oxygen atoms in total. The summed E-state index contributed by atoms with van der Waals surface area (Å²) < 4.78 is 1.92. The molecule has 2 aromatic heterocycles. The van der Waals surface area contributed by atoms with E-state index >= 15 is 0 Å². The van der Waals surface area contributed by atoms with Gasteiger partial charge in [-0.2, -0.15) is 0 Å².